The van der Waals surface area contributed by atoms with Crippen molar-refractivity contribution in [1.82, 2.24) is 25.3 Å². The summed E-state index contributed by atoms with van der Waals surface area (Å²) in [5.74, 6) is 0.915. The van der Waals surface area contributed by atoms with Crippen molar-refractivity contribution in [3.8, 4) is 0 Å². The van der Waals surface area contributed by atoms with Crippen molar-refractivity contribution >= 4 is 18.3 Å². The molecule has 0 atom stereocenters. The number of carbonyl (C=O) groups is 1. The summed E-state index contributed by atoms with van der Waals surface area (Å²) in [6.07, 6.45) is 8.64. The molecule has 7 heteroatoms. The van der Waals surface area contributed by atoms with E-state index < -0.39 is 0 Å². The topological polar surface area (TPSA) is 64.3 Å². The minimum atomic E-state index is 0. The molecule has 2 saturated heterocycles. The van der Waals surface area contributed by atoms with Gasteiger partial charge in [0.15, 0.2) is 5.69 Å². The van der Waals surface area contributed by atoms with Crippen LogP contribution in [0.15, 0.2) is 0 Å². The molecule has 2 fully saturated rings. The number of H-pyrrole nitrogens is 1. The Hall–Kier alpha value is -1.11. The fourth-order valence-corrected chi connectivity index (χ4v) is 4.59. The van der Waals surface area contributed by atoms with Gasteiger partial charge in [0.1, 0.15) is 0 Å². The van der Waals surface area contributed by atoms with Gasteiger partial charge in [-0.15, -0.1) is 12.4 Å². The fourth-order valence-electron chi connectivity index (χ4n) is 4.59. The summed E-state index contributed by atoms with van der Waals surface area (Å²) in [5, 5.41) is 10.7. The van der Waals surface area contributed by atoms with Crippen LogP contribution < -0.4 is 5.32 Å². The van der Waals surface area contributed by atoms with E-state index in [2.05, 4.69) is 20.4 Å². The molecule has 1 amide bonds. The van der Waals surface area contributed by atoms with E-state index in [-0.39, 0.29) is 18.3 Å². The van der Waals surface area contributed by atoms with E-state index in [0.29, 0.717) is 5.69 Å². The minimum absolute atomic E-state index is 0. The Kier molecular flexibility index (Phi) is 6.95. The summed E-state index contributed by atoms with van der Waals surface area (Å²) in [4.78, 5) is 17.5. The first kappa shape index (κ1) is 19.6. The van der Waals surface area contributed by atoms with Gasteiger partial charge in [0.25, 0.3) is 5.91 Å². The van der Waals surface area contributed by atoms with E-state index in [9.17, 15) is 4.79 Å². The van der Waals surface area contributed by atoms with Crippen LogP contribution in [0.1, 0.15) is 60.3 Å². The van der Waals surface area contributed by atoms with Crippen molar-refractivity contribution in [2.45, 2.75) is 51.5 Å². The van der Waals surface area contributed by atoms with Gasteiger partial charge in [0.05, 0.1) is 0 Å². The van der Waals surface area contributed by atoms with Gasteiger partial charge in [0.2, 0.25) is 0 Å². The van der Waals surface area contributed by atoms with E-state index in [4.69, 9.17) is 0 Å². The average Bonchev–Trinajstić information content (AvgIpc) is 3.31. The fraction of sp³-hybridized carbons (Fsp3) is 0.789. The first-order valence-corrected chi connectivity index (χ1v) is 10.1. The number of rotatable bonds is 5. The summed E-state index contributed by atoms with van der Waals surface area (Å²) in [6, 6.07) is 0. The van der Waals surface area contributed by atoms with Crippen LogP contribution in [0.25, 0.3) is 0 Å². The van der Waals surface area contributed by atoms with Crippen molar-refractivity contribution in [3.63, 3.8) is 0 Å². The second kappa shape index (κ2) is 9.20. The summed E-state index contributed by atoms with van der Waals surface area (Å²) < 4.78 is 0. The number of amides is 1. The van der Waals surface area contributed by atoms with Crippen LogP contribution in [-0.2, 0) is 13.0 Å². The zero-order chi connectivity index (χ0) is 17.1. The molecule has 146 valence electrons. The third kappa shape index (κ3) is 4.41. The lowest BCUT2D eigenvalue weighted by Crippen LogP contribution is -2.39. The minimum Gasteiger partial charge on any atom is -0.337 e. The molecule has 0 bridgehead atoms. The maximum absolute atomic E-state index is 12.8. The quantitative estimate of drug-likeness (QED) is 0.820. The number of piperidine rings is 1. The van der Waals surface area contributed by atoms with Crippen LogP contribution in [0.4, 0.5) is 0 Å². The van der Waals surface area contributed by atoms with Gasteiger partial charge in [-0.3, -0.25) is 9.89 Å². The third-order valence-electron chi connectivity index (χ3n) is 6.20. The van der Waals surface area contributed by atoms with E-state index >= 15 is 0 Å². The van der Waals surface area contributed by atoms with Crippen LogP contribution in [0.3, 0.4) is 0 Å². The molecule has 6 nitrogen and oxygen atoms in total. The van der Waals surface area contributed by atoms with E-state index in [0.717, 1.165) is 62.6 Å². The highest BCUT2D eigenvalue weighted by Crippen LogP contribution is 2.25. The number of nitrogens with zero attached hydrogens (tertiary/aromatic N) is 3. The van der Waals surface area contributed by atoms with Crippen molar-refractivity contribution in [2.24, 2.45) is 5.92 Å². The standard InChI is InChI=1S/C19H31N5O.ClH/c25-19(18-16-14-20-8-5-17(16)21-22-18)24-12-6-15(7-13-24)4-3-11-23-9-1-2-10-23;/h15,20H,1-14H2,(H,21,22);1H. The van der Waals surface area contributed by atoms with Gasteiger partial charge in [0, 0.05) is 43.9 Å². The number of hydrogen-bond donors (Lipinski definition) is 2. The average molecular weight is 382 g/mol. The SMILES string of the molecule is Cl.O=C(c1n[nH]c2c1CNCC2)N1CCC(CCCN2CCCC2)CC1. The Morgan fingerprint density at radius 3 is 2.69 bits per heavy atom. The summed E-state index contributed by atoms with van der Waals surface area (Å²) in [6.45, 7) is 7.38. The predicted octanol–water partition coefficient (Wildman–Crippen LogP) is 2.21. The Labute approximate surface area is 162 Å². The van der Waals surface area contributed by atoms with Crippen molar-refractivity contribution in [1.29, 1.82) is 0 Å². The number of hydrogen-bond acceptors (Lipinski definition) is 4. The molecule has 4 rings (SSSR count). The van der Waals surface area contributed by atoms with Crippen molar-refractivity contribution in [3.05, 3.63) is 17.0 Å². The zero-order valence-corrected chi connectivity index (χ0v) is 16.5. The van der Waals surface area contributed by atoms with Crippen LogP contribution in [0.2, 0.25) is 0 Å². The molecule has 0 saturated carbocycles. The Morgan fingerprint density at radius 1 is 1.15 bits per heavy atom. The molecule has 2 N–H and O–H groups in total. The zero-order valence-electron chi connectivity index (χ0n) is 15.6. The first-order chi connectivity index (χ1) is 12.3. The lowest BCUT2D eigenvalue weighted by atomic mass is 9.92. The van der Waals surface area contributed by atoms with Gasteiger partial charge >= 0.3 is 0 Å². The van der Waals surface area contributed by atoms with Gasteiger partial charge in [-0.25, -0.2) is 0 Å². The number of carbonyl (C=O) groups excluding carboxylic acids is 1. The van der Waals surface area contributed by atoms with Crippen LogP contribution in [-0.4, -0.2) is 65.2 Å². The monoisotopic (exact) mass is 381 g/mol. The highest BCUT2D eigenvalue weighted by Gasteiger charge is 2.28. The second-order valence-corrected chi connectivity index (χ2v) is 7.88. The lowest BCUT2D eigenvalue weighted by molar-refractivity contribution is 0.0677. The Morgan fingerprint density at radius 2 is 1.92 bits per heavy atom. The highest BCUT2D eigenvalue weighted by molar-refractivity contribution is 5.94. The normalized spacial score (nSPS) is 21.5. The van der Waals surface area contributed by atoms with Gasteiger partial charge in [-0.05, 0) is 64.1 Å². The van der Waals surface area contributed by atoms with E-state index in [1.165, 1.54) is 45.3 Å². The molecule has 3 aliphatic heterocycles. The number of halogens is 1. The maximum Gasteiger partial charge on any atom is 0.274 e. The number of nitrogens with one attached hydrogen (secondary N) is 2. The van der Waals surface area contributed by atoms with Crippen LogP contribution >= 0.6 is 12.4 Å². The molecule has 0 aliphatic carbocycles. The molecule has 0 unspecified atom stereocenters. The predicted molar refractivity (Wildman–Crippen MR) is 105 cm³/mol. The molecule has 1 aromatic rings. The summed E-state index contributed by atoms with van der Waals surface area (Å²) in [5.41, 5.74) is 2.87. The van der Waals surface area contributed by atoms with Crippen molar-refractivity contribution < 1.29 is 4.79 Å². The van der Waals surface area contributed by atoms with Gasteiger partial charge in [-0.2, -0.15) is 5.10 Å². The number of likely N-dealkylation sites (tertiary alicyclic amines) is 2. The van der Waals surface area contributed by atoms with Gasteiger partial charge < -0.3 is 15.1 Å². The highest BCUT2D eigenvalue weighted by atomic mass is 35.5. The number of fused-ring (bicyclic) bond motifs is 1. The second-order valence-electron chi connectivity index (χ2n) is 7.88. The lowest BCUT2D eigenvalue weighted by Gasteiger charge is -2.32. The summed E-state index contributed by atoms with van der Waals surface area (Å²) in [7, 11) is 0. The molecule has 1 aromatic heterocycles. The van der Waals surface area contributed by atoms with E-state index in [1.807, 2.05) is 4.90 Å². The van der Waals surface area contributed by atoms with Crippen LogP contribution in [0.5, 0.6) is 0 Å². The van der Waals surface area contributed by atoms with Crippen molar-refractivity contribution in [2.75, 3.05) is 39.3 Å². The Bertz CT molecular complexity index is 591. The molecule has 0 spiro atoms. The smallest absolute Gasteiger partial charge is 0.274 e. The Balaban J connectivity index is 0.00000196. The molecule has 0 radical (unpaired) electrons. The molecule has 3 aliphatic rings. The summed E-state index contributed by atoms with van der Waals surface area (Å²) >= 11 is 0. The molecular formula is C19H32ClN5O. The molecule has 26 heavy (non-hydrogen) atoms. The maximum atomic E-state index is 12.8. The van der Waals surface area contributed by atoms with Gasteiger partial charge in [-0.1, -0.05) is 0 Å². The molecular weight excluding hydrogens is 350 g/mol. The first-order valence-electron chi connectivity index (χ1n) is 10.1. The number of aromatic nitrogens is 2. The van der Waals surface area contributed by atoms with Crippen LogP contribution in [0, 0.1) is 5.92 Å². The van der Waals surface area contributed by atoms with E-state index in [1.54, 1.807) is 0 Å². The largest absolute Gasteiger partial charge is 0.337 e. The molecule has 4 heterocycles. The third-order valence-corrected chi connectivity index (χ3v) is 6.20. The molecule has 0 aromatic carbocycles. The number of aromatic amines is 1.